The summed E-state index contributed by atoms with van der Waals surface area (Å²) in [6.07, 6.45) is 0. The fraction of sp³-hybridized carbons (Fsp3) is 0.0833. The summed E-state index contributed by atoms with van der Waals surface area (Å²) in [6, 6.07) is 18.0. The third-order valence-electron chi connectivity index (χ3n) is 4.71. The molecule has 2 amide bonds. The van der Waals surface area contributed by atoms with Crippen molar-refractivity contribution in [3.63, 3.8) is 0 Å². The zero-order valence-electron chi connectivity index (χ0n) is 17.0. The summed E-state index contributed by atoms with van der Waals surface area (Å²) in [7, 11) is 0. The number of halogens is 3. The van der Waals surface area contributed by atoms with Gasteiger partial charge in [0.1, 0.15) is 18.1 Å². The number of hydrogen-bond acceptors (Lipinski definition) is 4. The van der Waals surface area contributed by atoms with E-state index in [1.54, 1.807) is 6.07 Å². The van der Waals surface area contributed by atoms with E-state index < -0.39 is 41.5 Å². The lowest BCUT2D eigenvalue weighted by Crippen LogP contribution is -2.32. The van der Waals surface area contributed by atoms with Crippen molar-refractivity contribution in [3.05, 3.63) is 95.7 Å². The molecular weight excluding hydrogens is 437 g/mol. The van der Waals surface area contributed by atoms with Crippen LogP contribution in [0.4, 0.5) is 18.9 Å². The van der Waals surface area contributed by atoms with Gasteiger partial charge in [0.15, 0.2) is 23.2 Å². The van der Waals surface area contributed by atoms with E-state index in [0.29, 0.717) is 17.6 Å². The molecule has 0 fully saturated rings. The predicted molar refractivity (Wildman–Crippen MR) is 114 cm³/mol. The third kappa shape index (κ3) is 5.15. The molecule has 168 valence electrons. The van der Waals surface area contributed by atoms with Gasteiger partial charge in [0.05, 0.1) is 12.2 Å². The van der Waals surface area contributed by atoms with Crippen LogP contribution < -0.4 is 15.4 Å². The number of anilines is 1. The Morgan fingerprint density at radius 3 is 2.48 bits per heavy atom. The summed E-state index contributed by atoms with van der Waals surface area (Å²) >= 11 is 0. The Kier molecular flexibility index (Phi) is 6.30. The molecule has 0 unspecified atom stereocenters. The molecule has 0 aliphatic carbocycles. The number of carbonyl (C=O) groups is 2. The zero-order valence-corrected chi connectivity index (χ0v) is 17.0. The minimum atomic E-state index is -1.70. The van der Waals surface area contributed by atoms with Crippen molar-refractivity contribution in [3.8, 4) is 5.75 Å². The molecule has 4 rings (SSSR count). The second-order valence-corrected chi connectivity index (χ2v) is 7.02. The molecule has 3 aromatic carbocycles. The van der Waals surface area contributed by atoms with Crippen LogP contribution in [0, 0.1) is 17.5 Å². The standard InChI is InChI=1S/C24H17F3N2O4/c25-18-8-9-19(23(27)22(18)26)29-21(30)12-28-24(31)20-10-7-17(33-20)13-32-16-6-5-14-3-1-2-4-15(14)11-16/h1-11H,12-13H2,(H,28,31)(H,29,30). The van der Waals surface area contributed by atoms with Crippen LogP contribution >= 0.6 is 0 Å². The van der Waals surface area contributed by atoms with Gasteiger partial charge >= 0.3 is 0 Å². The highest BCUT2D eigenvalue weighted by atomic mass is 19.2. The van der Waals surface area contributed by atoms with E-state index in [2.05, 4.69) is 10.6 Å². The van der Waals surface area contributed by atoms with Crippen LogP contribution in [-0.2, 0) is 11.4 Å². The molecule has 9 heteroatoms. The van der Waals surface area contributed by atoms with Crippen molar-refractivity contribution in [2.24, 2.45) is 0 Å². The first-order chi connectivity index (χ1) is 15.9. The molecule has 0 saturated carbocycles. The maximum atomic E-state index is 13.6. The maximum Gasteiger partial charge on any atom is 0.287 e. The van der Waals surface area contributed by atoms with Crippen LogP contribution in [0.15, 0.2) is 71.1 Å². The molecule has 0 saturated heterocycles. The van der Waals surface area contributed by atoms with Crippen LogP contribution in [0.3, 0.4) is 0 Å². The summed E-state index contributed by atoms with van der Waals surface area (Å²) in [5, 5.41) is 6.46. The Hall–Kier alpha value is -4.27. The molecule has 0 aliphatic rings. The summed E-state index contributed by atoms with van der Waals surface area (Å²) in [5.41, 5.74) is -0.542. The first-order valence-electron chi connectivity index (χ1n) is 9.82. The highest BCUT2D eigenvalue weighted by molar-refractivity contribution is 5.98. The lowest BCUT2D eigenvalue weighted by atomic mass is 10.1. The summed E-state index contributed by atoms with van der Waals surface area (Å²) in [5.74, 6) is -5.16. The molecule has 33 heavy (non-hydrogen) atoms. The normalized spacial score (nSPS) is 10.8. The number of fused-ring (bicyclic) bond motifs is 1. The number of furan rings is 1. The van der Waals surface area contributed by atoms with Crippen LogP contribution in [0.25, 0.3) is 10.8 Å². The first kappa shape index (κ1) is 21.9. The van der Waals surface area contributed by atoms with E-state index in [9.17, 15) is 22.8 Å². The van der Waals surface area contributed by atoms with Gasteiger partial charge in [-0.25, -0.2) is 13.2 Å². The number of rotatable bonds is 7. The summed E-state index contributed by atoms with van der Waals surface area (Å²) < 4.78 is 50.9. The predicted octanol–water partition coefficient (Wildman–Crippen LogP) is 4.80. The molecule has 0 atom stereocenters. The van der Waals surface area contributed by atoms with Crippen molar-refractivity contribution in [2.75, 3.05) is 11.9 Å². The van der Waals surface area contributed by atoms with E-state index >= 15 is 0 Å². The molecule has 2 N–H and O–H groups in total. The number of nitrogens with one attached hydrogen (secondary N) is 2. The molecule has 0 bridgehead atoms. The molecule has 0 radical (unpaired) electrons. The monoisotopic (exact) mass is 454 g/mol. The van der Waals surface area contributed by atoms with Crippen molar-refractivity contribution >= 4 is 28.3 Å². The van der Waals surface area contributed by atoms with Crippen LogP contribution in [0.2, 0.25) is 0 Å². The fourth-order valence-corrected chi connectivity index (χ4v) is 3.05. The number of benzene rings is 3. The number of hydrogen-bond donors (Lipinski definition) is 2. The average molecular weight is 454 g/mol. The van der Waals surface area contributed by atoms with Gasteiger partial charge in [-0.15, -0.1) is 0 Å². The van der Waals surface area contributed by atoms with Crippen molar-refractivity contribution in [1.82, 2.24) is 5.32 Å². The van der Waals surface area contributed by atoms with E-state index in [-0.39, 0.29) is 12.4 Å². The van der Waals surface area contributed by atoms with E-state index in [0.717, 1.165) is 16.8 Å². The fourth-order valence-electron chi connectivity index (χ4n) is 3.05. The lowest BCUT2D eigenvalue weighted by Gasteiger charge is -2.08. The van der Waals surface area contributed by atoms with Gasteiger partial charge in [-0.1, -0.05) is 30.3 Å². The number of ether oxygens (including phenoxy) is 1. The van der Waals surface area contributed by atoms with E-state index in [1.165, 1.54) is 6.07 Å². The van der Waals surface area contributed by atoms with Gasteiger partial charge in [0.25, 0.3) is 5.91 Å². The zero-order chi connectivity index (χ0) is 23.4. The minimum absolute atomic E-state index is 0.0566. The summed E-state index contributed by atoms with van der Waals surface area (Å²) in [4.78, 5) is 24.1. The van der Waals surface area contributed by atoms with Gasteiger partial charge in [-0.3, -0.25) is 9.59 Å². The Labute approximate surface area is 186 Å². The number of carbonyl (C=O) groups excluding carboxylic acids is 2. The second-order valence-electron chi connectivity index (χ2n) is 7.02. The molecular formula is C24H17F3N2O4. The van der Waals surface area contributed by atoms with Gasteiger partial charge in [-0.2, -0.15) is 0 Å². The molecule has 0 aliphatic heterocycles. The van der Waals surface area contributed by atoms with Gasteiger partial charge < -0.3 is 19.8 Å². The maximum absolute atomic E-state index is 13.6. The number of amides is 2. The van der Waals surface area contributed by atoms with Crippen molar-refractivity contribution in [1.29, 1.82) is 0 Å². The van der Waals surface area contributed by atoms with Crippen LogP contribution in [-0.4, -0.2) is 18.4 Å². The Balaban J connectivity index is 1.29. The molecule has 4 aromatic rings. The lowest BCUT2D eigenvalue weighted by molar-refractivity contribution is -0.115. The Morgan fingerprint density at radius 1 is 0.879 bits per heavy atom. The van der Waals surface area contributed by atoms with Gasteiger partial charge in [0.2, 0.25) is 5.91 Å². The van der Waals surface area contributed by atoms with Crippen LogP contribution in [0.1, 0.15) is 16.3 Å². The quantitative estimate of drug-likeness (QED) is 0.393. The van der Waals surface area contributed by atoms with Gasteiger partial charge in [-0.05, 0) is 47.2 Å². The van der Waals surface area contributed by atoms with Gasteiger partial charge in [0, 0.05) is 0 Å². The first-order valence-corrected chi connectivity index (χ1v) is 9.82. The highest BCUT2D eigenvalue weighted by Crippen LogP contribution is 2.22. The van der Waals surface area contributed by atoms with Crippen LogP contribution in [0.5, 0.6) is 5.75 Å². The molecule has 1 heterocycles. The molecule has 6 nitrogen and oxygen atoms in total. The highest BCUT2D eigenvalue weighted by Gasteiger charge is 2.17. The third-order valence-corrected chi connectivity index (χ3v) is 4.71. The van der Waals surface area contributed by atoms with Crippen molar-refractivity contribution in [2.45, 2.75) is 6.61 Å². The average Bonchev–Trinajstić information content (AvgIpc) is 3.31. The largest absolute Gasteiger partial charge is 0.486 e. The minimum Gasteiger partial charge on any atom is -0.486 e. The Morgan fingerprint density at radius 2 is 1.67 bits per heavy atom. The molecule has 0 spiro atoms. The van der Waals surface area contributed by atoms with E-state index in [4.69, 9.17) is 9.15 Å². The van der Waals surface area contributed by atoms with Crippen molar-refractivity contribution < 1.29 is 31.9 Å². The second kappa shape index (κ2) is 9.47. The molecule has 1 aromatic heterocycles. The Bertz CT molecular complexity index is 1340. The smallest absolute Gasteiger partial charge is 0.287 e. The summed E-state index contributed by atoms with van der Waals surface area (Å²) in [6.45, 7) is -0.456. The SMILES string of the molecule is O=C(CNC(=O)c1ccc(COc2ccc3ccccc3c2)o1)Nc1ccc(F)c(F)c1F. The topological polar surface area (TPSA) is 80.6 Å². The van der Waals surface area contributed by atoms with E-state index in [1.807, 2.05) is 42.5 Å².